The Labute approximate surface area is 104 Å². The monoisotopic (exact) mass is 254 g/mol. The van der Waals surface area contributed by atoms with Gasteiger partial charge in [-0.2, -0.15) is 5.26 Å². The summed E-state index contributed by atoms with van der Waals surface area (Å²) in [6.45, 7) is 0.351. The normalized spacial score (nSPS) is 9.76. The molecule has 0 unspecified atom stereocenters. The van der Waals surface area contributed by atoms with E-state index in [1.165, 1.54) is 17.0 Å². The van der Waals surface area contributed by atoms with Gasteiger partial charge in [-0.1, -0.05) is 17.7 Å². The van der Waals surface area contributed by atoms with E-state index in [0.29, 0.717) is 6.54 Å². The summed E-state index contributed by atoms with van der Waals surface area (Å²) in [5.41, 5.74) is 0.754. The third-order valence-corrected chi connectivity index (χ3v) is 2.57. The van der Waals surface area contributed by atoms with Gasteiger partial charge in [-0.05, 0) is 17.7 Å². The van der Waals surface area contributed by atoms with E-state index in [1.54, 1.807) is 13.1 Å². The van der Waals surface area contributed by atoms with Crippen LogP contribution in [0.15, 0.2) is 18.2 Å². The summed E-state index contributed by atoms with van der Waals surface area (Å²) < 4.78 is 12.9. The molecule has 0 fully saturated rings. The first-order chi connectivity index (χ1) is 8.04. The van der Waals surface area contributed by atoms with Crippen molar-refractivity contribution in [2.45, 2.75) is 19.4 Å². The van der Waals surface area contributed by atoms with Crippen molar-refractivity contribution in [3.63, 3.8) is 0 Å². The number of amides is 1. The van der Waals surface area contributed by atoms with Crippen molar-refractivity contribution in [2.24, 2.45) is 0 Å². The molecule has 0 bridgehead atoms. The molecule has 0 saturated heterocycles. The van der Waals surface area contributed by atoms with Crippen LogP contribution in [0, 0.1) is 17.1 Å². The van der Waals surface area contributed by atoms with E-state index in [-0.39, 0.29) is 23.8 Å². The SMILES string of the molecule is CN(Cc1ccc(F)c(Cl)c1)C(=O)CCC#N. The fourth-order valence-electron chi connectivity index (χ4n) is 1.35. The lowest BCUT2D eigenvalue weighted by Gasteiger charge is -2.16. The molecule has 1 amide bonds. The second-order valence-electron chi connectivity index (χ2n) is 3.66. The molecule has 17 heavy (non-hydrogen) atoms. The molecule has 1 aromatic rings. The Hall–Kier alpha value is -1.60. The Morgan fingerprint density at radius 1 is 1.59 bits per heavy atom. The first kappa shape index (κ1) is 13.5. The average molecular weight is 255 g/mol. The van der Waals surface area contributed by atoms with Crippen LogP contribution in [-0.4, -0.2) is 17.9 Å². The molecule has 0 spiro atoms. The zero-order chi connectivity index (χ0) is 12.8. The lowest BCUT2D eigenvalue weighted by Crippen LogP contribution is -2.25. The van der Waals surface area contributed by atoms with E-state index in [1.807, 2.05) is 6.07 Å². The average Bonchev–Trinajstić information content (AvgIpc) is 2.30. The second-order valence-corrected chi connectivity index (χ2v) is 4.06. The highest BCUT2D eigenvalue weighted by Crippen LogP contribution is 2.17. The minimum atomic E-state index is -0.478. The van der Waals surface area contributed by atoms with Gasteiger partial charge >= 0.3 is 0 Å². The molecule has 0 heterocycles. The summed E-state index contributed by atoms with van der Waals surface area (Å²) in [5.74, 6) is -0.596. The van der Waals surface area contributed by atoms with E-state index in [2.05, 4.69) is 0 Å². The van der Waals surface area contributed by atoms with Crippen molar-refractivity contribution in [3.8, 4) is 6.07 Å². The third-order valence-electron chi connectivity index (χ3n) is 2.28. The van der Waals surface area contributed by atoms with Gasteiger partial charge < -0.3 is 4.90 Å². The van der Waals surface area contributed by atoms with Crippen molar-refractivity contribution in [1.29, 1.82) is 5.26 Å². The lowest BCUT2D eigenvalue weighted by molar-refractivity contribution is -0.130. The molecule has 1 aromatic carbocycles. The van der Waals surface area contributed by atoms with Crippen molar-refractivity contribution in [2.75, 3.05) is 7.05 Å². The first-order valence-corrected chi connectivity index (χ1v) is 5.47. The summed E-state index contributed by atoms with van der Waals surface area (Å²) in [4.78, 5) is 13.0. The molecule has 0 aliphatic carbocycles. The number of benzene rings is 1. The van der Waals surface area contributed by atoms with Gasteiger partial charge in [-0.15, -0.1) is 0 Å². The van der Waals surface area contributed by atoms with E-state index < -0.39 is 5.82 Å². The van der Waals surface area contributed by atoms with Gasteiger partial charge in [-0.3, -0.25) is 4.79 Å². The molecule has 0 atom stereocenters. The standard InChI is InChI=1S/C12H12ClFN2O/c1-16(12(17)3-2-6-15)8-9-4-5-11(14)10(13)7-9/h4-5,7H,2-3,8H2,1H3. The van der Waals surface area contributed by atoms with Crippen LogP contribution in [-0.2, 0) is 11.3 Å². The quantitative estimate of drug-likeness (QED) is 0.829. The maximum Gasteiger partial charge on any atom is 0.223 e. The van der Waals surface area contributed by atoms with Crippen LogP contribution >= 0.6 is 11.6 Å². The number of rotatable bonds is 4. The smallest absolute Gasteiger partial charge is 0.223 e. The number of nitrogens with zero attached hydrogens (tertiary/aromatic N) is 2. The maximum atomic E-state index is 12.9. The largest absolute Gasteiger partial charge is 0.341 e. The summed E-state index contributed by atoms with van der Waals surface area (Å²) >= 11 is 5.64. The Balaban J connectivity index is 2.62. The van der Waals surface area contributed by atoms with E-state index in [4.69, 9.17) is 16.9 Å². The molecular weight excluding hydrogens is 243 g/mol. The van der Waals surface area contributed by atoms with Crippen LogP contribution in [0.1, 0.15) is 18.4 Å². The molecule has 3 nitrogen and oxygen atoms in total. The highest BCUT2D eigenvalue weighted by atomic mass is 35.5. The molecule has 0 saturated carbocycles. The number of hydrogen-bond acceptors (Lipinski definition) is 2. The summed E-state index contributed by atoms with van der Waals surface area (Å²) in [6, 6.07) is 6.25. The minimum Gasteiger partial charge on any atom is -0.341 e. The van der Waals surface area contributed by atoms with Gasteiger partial charge in [0, 0.05) is 26.4 Å². The molecule has 1 rings (SSSR count). The van der Waals surface area contributed by atoms with Crippen molar-refractivity contribution >= 4 is 17.5 Å². The molecule has 0 radical (unpaired) electrons. The van der Waals surface area contributed by atoms with E-state index in [9.17, 15) is 9.18 Å². The van der Waals surface area contributed by atoms with Crippen LogP contribution < -0.4 is 0 Å². The predicted octanol–water partition coefficient (Wildman–Crippen LogP) is 2.74. The first-order valence-electron chi connectivity index (χ1n) is 5.09. The zero-order valence-corrected chi connectivity index (χ0v) is 10.2. The molecular formula is C12H12ClFN2O. The van der Waals surface area contributed by atoms with Crippen LogP contribution in [0.3, 0.4) is 0 Å². The fraction of sp³-hybridized carbons (Fsp3) is 0.333. The molecule has 0 aromatic heterocycles. The summed E-state index contributed by atoms with van der Waals surface area (Å²) in [5, 5.41) is 8.42. The lowest BCUT2D eigenvalue weighted by atomic mass is 10.2. The zero-order valence-electron chi connectivity index (χ0n) is 9.41. The van der Waals surface area contributed by atoms with Gasteiger partial charge in [0.25, 0.3) is 0 Å². The maximum absolute atomic E-state index is 12.9. The number of halogens is 2. The molecule has 0 aliphatic heterocycles. The van der Waals surface area contributed by atoms with Gasteiger partial charge in [0.15, 0.2) is 0 Å². The highest BCUT2D eigenvalue weighted by Gasteiger charge is 2.09. The number of carbonyl (C=O) groups is 1. The van der Waals surface area contributed by atoms with Gasteiger partial charge in [0.1, 0.15) is 5.82 Å². The van der Waals surface area contributed by atoms with Gasteiger partial charge in [-0.25, -0.2) is 4.39 Å². The topological polar surface area (TPSA) is 44.1 Å². The van der Waals surface area contributed by atoms with Crippen molar-refractivity contribution in [3.05, 3.63) is 34.6 Å². The number of hydrogen-bond donors (Lipinski definition) is 0. The fourth-order valence-corrected chi connectivity index (χ4v) is 1.56. The predicted molar refractivity (Wildman–Crippen MR) is 62.7 cm³/mol. The third kappa shape index (κ3) is 4.04. The van der Waals surface area contributed by atoms with Crippen molar-refractivity contribution in [1.82, 2.24) is 4.90 Å². The number of nitriles is 1. The Bertz CT molecular complexity index is 456. The van der Waals surface area contributed by atoms with Crippen molar-refractivity contribution < 1.29 is 9.18 Å². The second kappa shape index (κ2) is 6.21. The highest BCUT2D eigenvalue weighted by molar-refractivity contribution is 6.30. The Morgan fingerprint density at radius 3 is 2.88 bits per heavy atom. The van der Waals surface area contributed by atoms with E-state index >= 15 is 0 Å². The molecule has 0 N–H and O–H groups in total. The van der Waals surface area contributed by atoms with Crippen LogP contribution in [0.4, 0.5) is 4.39 Å². The molecule has 0 aliphatic rings. The van der Waals surface area contributed by atoms with Crippen LogP contribution in [0.2, 0.25) is 5.02 Å². The summed E-state index contributed by atoms with van der Waals surface area (Å²) in [6.07, 6.45) is 0.398. The Kier molecular flexibility index (Phi) is 4.92. The van der Waals surface area contributed by atoms with Crippen LogP contribution in [0.25, 0.3) is 0 Å². The van der Waals surface area contributed by atoms with Gasteiger partial charge in [0.2, 0.25) is 5.91 Å². The summed E-state index contributed by atoms with van der Waals surface area (Å²) in [7, 11) is 1.64. The van der Waals surface area contributed by atoms with Gasteiger partial charge in [0.05, 0.1) is 11.1 Å². The number of carbonyl (C=O) groups excluding carboxylic acids is 1. The molecule has 90 valence electrons. The Morgan fingerprint density at radius 2 is 2.29 bits per heavy atom. The molecule has 5 heteroatoms. The minimum absolute atomic E-state index is 0.0420. The van der Waals surface area contributed by atoms with E-state index in [0.717, 1.165) is 5.56 Å². The van der Waals surface area contributed by atoms with Crippen LogP contribution in [0.5, 0.6) is 0 Å².